The van der Waals surface area contributed by atoms with Crippen molar-refractivity contribution in [3.05, 3.63) is 62.2 Å². The second-order valence-electron chi connectivity index (χ2n) is 6.15. The van der Waals surface area contributed by atoms with Crippen LogP contribution in [-0.4, -0.2) is 30.0 Å². The predicted octanol–water partition coefficient (Wildman–Crippen LogP) is 3.73. The van der Waals surface area contributed by atoms with E-state index in [1.165, 1.54) is 12.1 Å². The van der Waals surface area contributed by atoms with Crippen LogP contribution in [0.15, 0.2) is 30.3 Å². The Morgan fingerprint density at radius 3 is 2.36 bits per heavy atom. The quantitative estimate of drug-likeness (QED) is 0.426. The van der Waals surface area contributed by atoms with Crippen molar-refractivity contribution >= 4 is 34.9 Å². The molecule has 0 aliphatic carbocycles. The number of amides is 1. The van der Waals surface area contributed by atoms with Crippen molar-refractivity contribution in [1.82, 2.24) is 0 Å². The van der Waals surface area contributed by atoms with Crippen LogP contribution in [0.3, 0.4) is 0 Å². The highest BCUT2D eigenvalue weighted by atomic mass is 35.5. The maximum absolute atomic E-state index is 11.9. The molecule has 1 N–H and O–H groups in total. The molecule has 0 fully saturated rings. The number of hydrogen-bond donors (Lipinski definition) is 1. The van der Waals surface area contributed by atoms with E-state index in [1.807, 2.05) is 32.9 Å². The Balaban J connectivity index is 1.85. The Morgan fingerprint density at radius 2 is 1.75 bits per heavy atom. The molecule has 0 saturated heterocycles. The summed E-state index contributed by atoms with van der Waals surface area (Å²) in [7, 11) is 0. The van der Waals surface area contributed by atoms with Crippen molar-refractivity contribution in [3.8, 4) is 5.75 Å². The van der Waals surface area contributed by atoms with Gasteiger partial charge in [0.25, 0.3) is 11.6 Å². The molecular formula is C19H19ClN2O6. The minimum atomic E-state index is -0.711. The van der Waals surface area contributed by atoms with Crippen molar-refractivity contribution in [1.29, 1.82) is 0 Å². The van der Waals surface area contributed by atoms with E-state index in [4.69, 9.17) is 21.1 Å². The smallest absolute Gasteiger partial charge is 0.344 e. The number of benzene rings is 2. The fourth-order valence-electron chi connectivity index (χ4n) is 2.64. The van der Waals surface area contributed by atoms with Gasteiger partial charge in [-0.2, -0.15) is 0 Å². The molecule has 0 saturated carbocycles. The van der Waals surface area contributed by atoms with Gasteiger partial charge in [-0.1, -0.05) is 29.3 Å². The molecule has 0 radical (unpaired) electrons. The largest absolute Gasteiger partial charge is 0.481 e. The van der Waals surface area contributed by atoms with E-state index in [0.717, 1.165) is 22.8 Å². The number of nitro benzene ring substituents is 1. The Labute approximate surface area is 166 Å². The SMILES string of the molecule is Cc1cc(C)c(OCC(=O)OCC(=O)Nc2ccc(Cl)c([N+](=O)[O-])c2)c(C)c1. The fourth-order valence-corrected chi connectivity index (χ4v) is 2.83. The molecule has 28 heavy (non-hydrogen) atoms. The van der Waals surface area contributed by atoms with Crippen molar-refractivity contribution in [3.63, 3.8) is 0 Å². The molecule has 8 nitrogen and oxygen atoms in total. The monoisotopic (exact) mass is 406 g/mol. The molecule has 2 aromatic rings. The number of halogens is 1. The molecule has 0 aliphatic heterocycles. The summed E-state index contributed by atoms with van der Waals surface area (Å²) in [5.74, 6) is -0.759. The van der Waals surface area contributed by atoms with Gasteiger partial charge in [0.15, 0.2) is 13.2 Å². The molecule has 0 heterocycles. The van der Waals surface area contributed by atoms with Gasteiger partial charge in [0.05, 0.1) is 4.92 Å². The van der Waals surface area contributed by atoms with Crippen molar-refractivity contribution in [2.45, 2.75) is 20.8 Å². The number of aryl methyl sites for hydroxylation is 3. The maximum Gasteiger partial charge on any atom is 0.344 e. The van der Waals surface area contributed by atoms with Gasteiger partial charge >= 0.3 is 5.97 Å². The summed E-state index contributed by atoms with van der Waals surface area (Å²) in [5, 5.41) is 13.2. The van der Waals surface area contributed by atoms with Crippen LogP contribution in [0.25, 0.3) is 0 Å². The Kier molecular flexibility index (Phi) is 6.94. The summed E-state index contributed by atoms with van der Waals surface area (Å²) in [5.41, 5.74) is 2.71. The molecule has 9 heteroatoms. The summed E-state index contributed by atoms with van der Waals surface area (Å²) >= 11 is 5.71. The number of nitrogens with zero attached hydrogens (tertiary/aromatic N) is 1. The maximum atomic E-state index is 11.9. The van der Waals surface area contributed by atoms with E-state index in [0.29, 0.717) is 5.75 Å². The molecule has 1 amide bonds. The number of nitrogens with one attached hydrogen (secondary N) is 1. The minimum absolute atomic E-state index is 0.0479. The summed E-state index contributed by atoms with van der Waals surface area (Å²) in [4.78, 5) is 33.9. The zero-order valence-electron chi connectivity index (χ0n) is 15.6. The molecule has 0 spiro atoms. The van der Waals surface area contributed by atoms with Crippen molar-refractivity contribution in [2.24, 2.45) is 0 Å². The standard InChI is InChI=1S/C19H19ClN2O6/c1-11-6-12(2)19(13(3)7-11)28-10-18(24)27-9-17(23)21-14-4-5-15(20)16(8-14)22(25)26/h4-8H,9-10H2,1-3H3,(H,21,23). The number of carbonyl (C=O) groups excluding carboxylic acids is 2. The van der Waals surface area contributed by atoms with Crippen LogP contribution in [-0.2, 0) is 14.3 Å². The van der Waals surface area contributed by atoms with E-state index >= 15 is 0 Å². The third-order valence-corrected chi connectivity index (χ3v) is 4.05. The van der Waals surface area contributed by atoms with Crippen LogP contribution < -0.4 is 10.1 Å². The first-order valence-corrected chi connectivity index (χ1v) is 8.65. The van der Waals surface area contributed by atoms with Gasteiger partial charge in [0.2, 0.25) is 0 Å². The molecule has 2 aromatic carbocycles. The Bertz CT molecular complexity index is 906. The molecule has 0 unspecified atom stereocenters. The third-order valence-electron chi connectivity index (χ3n) is 3.73. The molecule has 148 valence electrons. The Hall–Kier alpha value is -3.13. The highest BCUT2D eigenvalue weighted by molar-refractivity contribution is 6.32. The van der Waals surface area contributed by atoms with E-state index in [2.05, 4.69) is 5.32 Å². The number of nitro groups is 1. The lowest BCUT2D eigenvalue weighted by atomic mass is 10.1. The van der Waals surface area contributed by atoms with Gasteiger partial charge in [-0.15, -0.1) is 0 Å². The normalized spacial score (nSPS) is 10.3. The first kappa shape index (κ1) is 21.2. The van der Waals surface area contributed by atoms with Gasteiger partial charge in [-0.3, -0.25) is 14.9 Å². The summed E-state index contributed by atoms with van der Waals surface area (Å²) in [6.07, 6.45) is 0. The molecule has 0 aliphatic rings. The van der Waals surface area contributed by atoms with Crippen LogP contribution >= 0.6 is 11.6 Å². The Morgan fingerprint density at radius 1 is 1.11 bits per heavy atom. The van der Waals surface area contributed by atoms with Crippen LogP contribution in [0, 0.1) is 30.9 Å². The van der Waals surface area contributed by atoms with Crippen LogP contribution in [0.5, 0.6) is 5.75 Å². The van der Waals surface area contributed by atoms with Gasteiger partial charge in [0, 0.05) is 11.8 Å². The molecule has 0 atom stereocenters. The zero-order valence-corrected chi connectivity index (χ0v) is 16.3. The first-order valence-electron chi connectivity index (χ1n) is 8.27. The number of rotatable bonds is 7. The topological polar surface area (TPSA) is 108 Å². The number of anilines is 1. The van der Waals surface area contributed by atoms with Crippen molar-refractivity contribution in [2.75, 3.05) is 18.5 Å². The number of hydrogen-bond acceptors (Lipinski definition) is 6. The van der Waals surface area contributed by atoms with E-state index in [-0.39, 0.29) is 23.0 Å². The van der Waals surface area contributed by atoms with Gasteiger partial charge in [0.1, 0.15) is 10.8 Å². The number of ether oxygens (including phenoxy) is 2. The van der Waals surface area contributed by atoms with E-state index in [1.54, 1.807) is 0 Å². The first-order chi connectivity index (χ1) is 13.2. The fraction of sp³-hybridized carbons (Fsp3) is 0.263. The average molecular weight is 407 g/mol. The summed E-state index contributed by atoms with van der Waals surface area (Å²) in [6, 6.07) is 7.69. The molecule has 2 rings (SSSR count). The van der Waals surface area contributed by atoms with E-state index in [9.17, 15) is 19.7 Å². The van der Waals surface area contributed by atoms with Crippen molar-refractivity contribution < 1.29 is 24.0 Å². The zero-order chi connectivity index (χ0) is 20.8. The molecular weight excluding hydrogens is 388 g/mol. The highest BCUT2D eigenvalue weighted by Gasteiger charge is 2.15. The second kappa shape index (κ2) is 9.18. The van der Waals surface area contributed by atoms with Gasteiger partial charge in [-0.05, 0) is 44.0 Å². The highest BCUT2D eigenvalue weighted by Crippen LogP contribution is 2.27. The summed E-state index contributed by atoms with van der Waals surface area (Å²) < 4.78 is 10.4. The van der Waals surface area contributed by atoms with Gasteiger partial charge < -0.3 is 14.8 Å². The lowest BCUT2D eigenvalue weighted by Crippen LogP contribution is -2.24. The lowest BCUT2D eigenvalue weighted by molar-refractivity contribution is -0.384. The van der Waals surface area contributed by atoms with Crippen LogP contribution in [0.1, 0.15) is 16.7 Å². The average Bonchev–Trinajstić information content (AvgIpc) is 2.60. The van der Waals surface area contributed by atoms with E-state index < -0.39 is 23.4 Å². The molecule has 0 bridgehead atoms. The second-order valence-corrected chi connectivity index (χ2v) is 6.56. The van der Waals surface area contributed by atoms with Gasteiger partial charge in [-0.25, -0.2) is 4.79 Å². The third kappa shape index (κ3) is 5.68. The lowest BCUT2D eigenvalue weighted by Gasteiger charge is -2.12. The van der Waals surface area contributed by atoms with Crippen LogP contribution in [0.2, 0.25) is 5.02 Å². The predicted molar refractivity (Wildman–Crippen MR) is 104 cm³/mol. The number of carbonyl (C=O) groups is 2. The van der Waals surface area contributed by atoms with Crippen LogP contribution in [0.4, 0.5) is 11.4 Å². The minimum Gasteiger partial charge on any atom is -0.481 e. The summed E-state index contributed by atoms with van der Waals surface area (Å²) in [6.45, 7) is 4.82. The number of esters is 1. The molecule has 0 aromatic heterocycles.